The zero-order valence-corrected chi connectivity index (χ0v) is 16.4. The molecule has 4 N–H and O–H groups in total. The first-order valence-corrected chi connectivity index (χ1v) is 9.11. The highest BCUT2D eigenvalue weighted by Gasteiger charge is 2.15. The maximum Gasteiger partial charge on any atom is 0.340 e. The Bertz CT molecular complexity index is 1010. The largest absolute Gasteiger partial charge is 0.462 e. The quantitative estimate of drug-likeness (QED) is 0.483. The first-order chi connectivity index (χ1) is 13.5. The first-order valence-electron chi connectivity index (χ1n) is 8.36. The van der Waals surface area contributed by atoms with Gasteiger partial charge in [0.1, 0.15) is 12.0 Å². The fourth-order valence-corrected chi connectivity index (χ4v) is 2.78. The zero-order chi connectivity index (χ0) is 20.1. The third-order valence-corrected chi connectivity index (χ3v) is 4.58. The minimum atomic E-state index is -0.442. The van der Waals surface area contributed by atoms with Crippen molar-refractivity contribution in [2.75, 3.05) is 23.0 Å². The third-order valence-electron chi connectivity index (χ3n) is 3.76. The molecular weight excluding hydrogens is 401 g/mol. The molecule has 2 aromatic carbocycles. The van der Waals surface area contributed by atoms with Crippen molar-refractivity contribution in [3.63, 3.8) is 0 Å². The van der Waals surface area contributed by atoms with Crippen LogP contribution in [0.2, 0.25) is 10.0 Å². The van der Waals surface area contributed by atoms with Gasteiger partial charge in [-0.1, -0.05) is 41.4 Å². The second-order valence-electron chi connectivity index (χ2n) is 5.60. The Morgan fingerprint density at radius 3 is 2.39 bits per heavy atom. The number of carbonyl (C=O) groups excluding carboxylic acids is 1. The molecule has 9 heteroatoms. The van der Waals surface area contributed by atoms with Crippen LogP contribution >= 0.6 is 23.2 Å². The molecule has 0 aliphatic rings. The third kappa shape index (κ3) is 4.27. The molecule has 1 heterocycles. The summed E-state index contributed by atoms with van der Waals surface area (Å²) in [6, 6.07) is 12.1. The predicted molar refractivity (Wildman–Crippen MR) is 112 cm³/mol. The van der Waals surface area contributed by atoms with E-state index in [0.717, 1.165) is 0 Å². The molecule has 0 fully saturated rings. The van der Waals surface area contributed by atoms with Crippen LogP contribution in [0, 0.1) is 0 Å². The molecule has 0 radical (unpaired) electrons. The monoisotopic (exact) mass is 417 g/mol. The molecule has 0 amide bonds. The van der Waals surface area contributed by atoms with Crippen molar-refractivity contribution in [1.82, 2.24) is 9.97 Å². The molecule has 0 saturated carbocycles. The van der Waals surface area contributed by atoms with Gasteiger partial charge in [0.05, 0.1) is 33.6 Å². The zero-order valence-electron chi connectivity index (χ0n) is 14.9. The first kappa shape index (κ1) is 19.7. The van der Waals surface area contributed by atoms with Gasteiger partial charge in [0.2, 0.25) is 0 Å². The topological polar surface area (TPSA) is 102 Å². The molecule has 0 saturated heterocycles. The standard InChI is InChI=1S/C19H17Cl2N5O2/c1-2-28-19(27)11-6-3-4-8-13(11)25-17-16(22)18(24-10-23-17)26-14-9-5-7-12(20)15(14)21/h3-10H,2,22H2,1H3,(H2,23,24,25,26). The predicted octanol–water partition coefficient (Wildman–Crippen LogP) is 5.03. The number of rotatable bonds is 6. The van der Waals surface area contributed by atoms with E-state index in [1.807, 2.05) is 0 Å². The normalized spacial score (nSPS) is 10.4. The lowest BCUT2D eigenvalue weighted by atomic mass is 10.2. The second-order valence-corrected chi connectivity index (χ2v) is 6.39. The van der Waals surface area contributed by atoms with E-state index in [1.165, 1.54) is 6.33 Å². The summed E-state index contributed by atoms with van der Waals surface area (Å²) >= 11 is 12.2. The number of nitrogens with one attached hydrogen (secondary N) is 2. The van der Waals surface area contributed by atoms with Crippen LogP contribution < -0.4 is 16.4 Å². The van der Waals surface area contributed by atoms with Gasteiger partial charge in [-0.15, -0.1) is 0 Å². The number of carbonyl (C=O) groups is 1. The van der Waals surface area contributed by atoms with E-state index in [1.54, 1.807) is 49.4 Å². The fourth-order valence-electron chi connectivity index (χ4n) is 2.43. The summed E-state index contributed by atoms with van der Waals surface area (Å²) in [5, 5.41) is 6.85. The Hall–Kier alpha value is -3.03. The maximum atomic E-state index is 12.2. The lowest BCUT2D eigenvalue weighted by molar-refractivity contribution is 0.0527. The molecule has 3 aromatic rings. The number of hydrogen-bond donors (Lipinski definition) is 3. The van der Waals surface area contributed by atoms with Gasteiger partial charge in [-0.2, -0.15) is 0 Å². The van der Waals surface area contributed by atoms with Gasteiger partial charge in [0.25, 0.3) is 0 Å². The SMILES string of the molecule is CCOC(=O)c1ccccc1Nc1ncnc(Nc2cccc(Cl)c2Cl)c1N. The van der Waals surface area contributed by atoms with Crippen molar-refractivity contribution < 1.29 is 9.53 Å². The molecule has 0 aliphatic heterocycles. The van der Waals surface area contributed by atoms with Crippen LogP contribution in [0.5, 0.6) is 0 Å². The lowest BCUT2D eigenvalue weighted by Crippen LogP contribution is -2.10. The van der Waals surface area contributed by atoms with E-state index in [9.17, 15) is 4.79 Å². The van der Waals surface area contributed by atoms with Gasteiger partial charge in [0.15, 0.2) is 11.6 Å². The highest BCUT2D eigenvalue weighted by Crippen LogP contribution is 2.34. The van der Waals surface area contributed by atoms with E-state index in [4.69, 9.17) is 33.7 Å². The minimum absolute atomic E-state index is 0.247. The molecule has 0 unspecified atom stereocenters. The van der Waals surface area contributed by atoms with Crippen molar-refractivity contribution in [2.45, 2.75) is 6.92 Å². The van der Waals surface area contributed by atoms with Gasteiger partial charge < -0.3 is 21.1 Å². The van der Waals surface area contributed by atoms with Crippen molar-refractivity contribution in [3.05, 3.63) is 64.4 Å². The van der Waals surface area contributed by atoms with Crippen LogP contribution in [0.4, 0.5) is 28.7 Å². The molecule has 0 bridgehead atoms. The Morgan fingerprint density at radius 1 is 1.04 bits per heavy atom. The molecule has 7 nitrogen and oxygen atoms in total. The van der Waals surface area contributed by atoms with Crippen LogP contribution in [0.15, 0.2) is 48.8 Å². The van der Waals surface area contributed by atoms with Crippen molar-refractivity contribution in [3.8, 4) is 0 Å². The van der Waals surface area contributed by atoms with Crippen LogP contribution in [0.3, 0.4) is 0 Å². The number of aromatic nitrogens is 2. The number of benzene rings is 2. The molecule has 0 atom stereocenters. The summed E-state index contributed by atoms with van der Waals surface area (Å²) in [6.45, 7) is 2.02. The van der Waals surface area contributed by atoms with Gasteiger partial charge >= 0.3 is 5.97 Å². The smallest absolute Gasteiger partial charge is 0.340 e. The summed E-state index contributed by atoms with van der Waals surface area (Å²) in [5.74, 6) is 0.227. The molecule has 1 aromatic heterocycles. The Kier molecular flexibility index (Phi) is 6.18. The van der Waals surface area contributed by atoms with Gasteiger partial charge in [-0.05, 0) is 31.2 Å². The minimum Gasteiger partial charge on any atom is -0.462 e. The Morgan fingerprint density at radius 2 is 1.68 bits per heavy atom. The van der Waals surface area contributed by atoms with Crippen molar-refractivity contribution in [2.24, 2.45) is 0 Å². The highest BCUT2D eigenvalue weighted by molar-refractivity contribution is 6.43. The summed E-state index contributed by atoms with van der Waals surface area (Å²) < 4.78 is 5.08. The maximum absolute atomic E-state index is 12.2. The van der Waals surface area contributed by atoms with E-state index in [2.05, 4.69) is 20.6 Å². The Balaban J connectivity index is 1.90. The number of nitrogens with zero attached hydrogens (tertiary/aromatic N) is 2. The van der Waals surface area contributed by atoms with E-state index >= 15 is 0 Å². The van der Waals surface area contributed by atoms with Gasteiger partial charge in [-0.25, -0.2) is 14.8 Å². The number of ether oxygens (including phenoxy) is 1. The Labute approximate surface area is 171 Å². The molecule has 0 aliphatic carbocycles. The number of esters is 1. The van der Waals surface area contributed by atoms with Gasteiger partial charge in [0, 0.05) is 0 Å². The molecule has 144 valence electrons. The summed E-state index contributed by atoms with van der Waals surface area (Å²) in [4.78, 5) is 20.5. The number of halogens is 2. The second kappa shape index (κ2) is 8.77. The lowest BCUT2D eigenvalue weighted by Gasteiger charge is -2.15. The summed E-state index contributed by atoms with van der Waals surface area (Å²) in [7, 11) is 0. The highest BCUT2D eigenvalue weighted by atomic mass is 35.5. The number of nitrogens with two attached hydrogens (primary N) is 1. The summed E-state index contributed by atoms with van der Waals surface area (Å²) in [6.07, 6.45) is 1.34. The molecule has 0 spiro atoms. The van der Waals surface area contributed by atoms with E-state index in [-0.39, 0.29) is 12.3 Å². The number of anilines is 5. The molecular formula is C19H17Cl2N5O2. The van der Waals surface area contributed by atoms with E-state index < -0.39 is 5.97 Å². The number of hydrogen-bond acceptors (Lipinski definition) is 7. The number of para-hydroxylation sites is 1. The average Bonchev–Trinajstić information content (AvgIpc) is 2.69. The van der Waals surface area contributed by atoms with Crippen molar-refractivity contribution in [1.29, 1.82) is 0 Å². The fraction of sp³-hybridized carbons (Fsp3) is 0.105. The van der Waals surface area contributed by atoms with Crippen LogP contribution in [0.1, 0.15) is 17.3 Å². The van der Waals surface area contributed by atoms with E-state index in [0.29, 0.717) is 38.6 Å². The number of nitrogen functional groups attached to an aromatic ring is 1. The van der Waals surface area contributed by atoms with Crippen molar-refractivity contribution >= 4 is 57.9 Å². The van der Waals surface area contributed by atoms with Gasteiger partial charge in [-0.3, -0.25) is 0 Å². The average molecular weight is 418 g/mol. The summed E-state index contributed by atoms with van der Waals surface area (Å²) in [5.41, 5.74) is 7.89. The van der Waals surface area contributed by atoms with Crippen LogP contribution in [-0.4, -0.2) is 22.5 Å². The molecule has 3 rings (SSSR count). The van der Waals surface area contributed by atoms with Crippen LogP contribution in [-0.2, 0) is 4.74 Å². The van der Waals surface area contributed by atoms with Crippen LogP contribution in [0.25, 0.3) is 0 Å². The molecule has 28 heavy (non-hydrogen) atoms.